The van der Waals surface area contributed by atoms with Crippen LogP contribution in [0.5, 0.6) is 0 Å². The van der Waals surface area contributed by atoms with Crippen LogP contribution >= 0.6 is 0 Å². The molecule has 0 amide bonds. The monoisotopic (exact) mass is 483 g/mol. The molecule has 0 spiro atoms. The van der Waals surface area contributed by atoms with Gasteiger partial charge >= 0.3 is 5.97 Å². The smallest absolute Gasteiger partial charge is 0.338 e. The molecule has 36 heavy (non-hydrogen) atoms. The average molecular weight is 484 g/mol. The Morgan fingerprint density at radius 1 is 0.972 bits per heavy atom. The first-order valence-electron chi connectivity index (χ1n) is 12.4. The van der Waals surface area contributed by atoms with Crippen molar-refractivity contribution in [2.24, 2.45) is 0 Å². The fourth-order valence-electron chi connectivity index (χ4n) is 4.50. The maximum Gasteiger partial charge on any atom is 0.338 e. The van der Waals surface area contributed by atoms with E-state index in [4.69, 9.17) is 19.7 Å². The molecule has 0 saturated heterocycles. The fraction of sp³-hybridized carbons (Fsp3) is 0.321. The minimum atomic E-state index is -0.353. The second-order valence-corrected chi connectivity index (χ2v) is 9.05. The third kappa shape index (κ3) is 3.92. The van der Waals surface area contributed by atoms with Crippen LogP contribution in [0.1, 0.15) is 62.3 Å². The van der Waals surface area contributed by atoms with E-state index >= 15 is 0 Å². The first kappa shape index (κ1) is 23.7. The molecule has 0 saturated carbocycles. The van der Waals surface area contributed by atoms with Crippen molar-refractivity contribution in [3.8, 4) is 5.69 Å². The Balaban J connectivity index is 1.76. The topological polar surface area (TPSA) is 91.9 Å². The number of carbonyl (C=O) groups is 1. The maximum absolute atomic E-state index is 13.8. The van der Waals surface area contributed by atoms with E-state index in [2.05, 4.69) is 0 Å². The van der Waals surface area contributed by atoms with E-state index in [1.54, 1.807) is 16.7 Å². The summed E-state index contributed by atoms with van der Waals surface area (Å²) < 4.78 is 8.93. The van der Waals surface area contributed by atoms with Crippen molar-refractivity contribution in [3.63, 3.8) is 0 Å². The highest BCUT2D eigenvalue weighted by Gasteiger charge is 2.23. The van der Waals surface area contributed by atoms with Gasteiger partial charge in [-0.2, -0.15) is 0 Å². The van der Waals surface area contributed by atoms with Crippen molar-refractivity contribution in [2.45, 2.75) is 53.0 Å². The highest BCUT2D eigenvalue weighted by molar-refractivity contribution is 6.06. The van der Waals surface area contributed by atoms with Crippen LogP contribution in [0.4, 0.5) is 0 Å². The molecule has 0 aliphatic rings. The van der Waals surface area contributed by atoms with Crippen LogP contribution in [-0.4, -0.2) is 36.7 Å². The summed E-state index contributed by atoms with van der Waals surface area (Å²) in [5, 5.41) is 0.442. The quantitative estimate of drug-likeness (QED) is 0.224. The standard InChI is InChI=1S/C28H29N5O3/c1-5-7-16-36-28(35)19-12-14-20(15-13-19)33-25-23(27(34)32(17(3)6-2)18(4)29-25)24-26(33)31-22-11-9-8-10-21(22)30-24/h8-15,17H,5-7,16H2,1-4H3. The number of nitrogens with zero attached hydrogens (tertiary/aromatic N) is 5. The molecule has 0 radical (unpaired) electrons. The van der Waals surface area contributed by atoms with Gasteiger partial charge in [0.05, 0.1) is 23.2 Å². The number of para-hydroxylation sites is 2. The Kier molecular flexibility index (Phi) is 6.26. The number of hydrogen-bond donors (Lipinski definition) is 0. The van der Waals surface area contributed by atoms with Gasteiger partial charge in [0.15, 0.2) is 11.3 Å². The van der Waals surface area contributed by atoms with Crippen molar-refractivity contribution in [1.29, 1.82) is 0 Å². The molecule has 1 unspecified atom stereocenters. The van der Waals surface area contributed by atoms with Crippen LogP contribution in [0.3, 0.4) is 0 Å². The summed E-state index contributed by atoms with van der Waals surface area (Å²) in [7, 11) is 0. The number of unbranched alkanes of at least 4 members (excludes halogenated alkanes) is 1. The lowest BCUT2D eigenvalue weighted by Crippen LogP contribution is -2.26. The van der Waals surface area contributed by atoms with E-state index in [0.717, 1.165) is 30.5 Å². The number of carbonyl (C=O) groups excluding carboxylic acids is 1. The Labute approximate surface area is 208 Å². The zero-order chi connectivity index (χ0) is 25.4. The van der Waals surface area contributed by atoms with Crippen molar-refractivity contribution < 1.29 is 9.53 Å². The number of aromatic nitrogens is 5. The van der Waals surface area contributed by atoms with E-state index in [9.17, 15) is 9.59 Å². The summed E-state index contributed by atoms with van der Waals surface area (Å²) in [6.07, 6.45) is 2.59. The molecule has 0 bridgehead atoms. The van der Waals surface area contributed by atoms with Gasteiger partial charge in [-0.05, 0) is 63.1 Å². The Bertz CT molecular complexity index is 1650. The lowest BCUT2D eigenvalue weighted by Gasteiger charge is -2.16. The molecule has 0 aliphatic carbocycles. The summed E-state index contributed by atoms with van der Waals surface area (Å²) in [6, 6.07) is 14.7. The number of aryl methyl sites for hydroxylation is 1. The number of benzene rings is 2. The first-order valence-corrected chi connectivity index (χ1v) is 12.4. The summed E-state index contributed by atoms with van der Waals surface area (Å²) in [5.74, 6) is 0.278. The highest BCUT2D eigenvalue weighted by atomic mass is 16.5. The van der Waals surface area contributed by atoms with E-state index in [1.165, 1.54) is 0 Å². The van der Waals surface area contributed by atoms with Crippen LogP contribution in [0.15, 0.2) is 53.3 Å². The van der Waals surface area contributed by atoms with Gasteiger partial charge in [0.25, 0.3) is 5.56 Å². The van der Waals surface area contributed by atoms with Gasteiger partial charge in [-0.25, -0.2) is 19.7 Å². The number of fused-ring (bicyclic) bond motifs is 4. The van der Waals surface area contributed by atoms with Crippen molar-refractivity contribution in [2.75, 3.05) is 6.61 Å². The maximum atomic E-state index is 13.8. The van der Waals surface area contributed by atoms with E-state index in [-0.39, 0.29) is 17.6 Å². The minimum absolute atomic E-state index is 0.000722. The van der Waals surface area contributed by atoms with Gasteiger partial charge in [-0.1, -0.05) is 32.4 Å². The molecule has 3 heterocycles. The number of hydrogen-bond acceptors (Lipinski definition) is 6. The van der Waals surface area contributed by atoms with Gasteiger partial charge in [0, 0.05) is 11.7 Å². The molecular weight excluding hydrogens is 454 g/mol. The van der Waals surface area contributed by atoms with E-state index in [0.29, 0.717) is 45.7 Å². The zero-order valence-corrected chi connectivity index (χ0v) is 21.0. The van der Waals surface area contributed by atoms with Crippen LogP contribution in [0.2, 0.25) is 0 Å². The summed E-state index contributed by atoms with van der Waals surface area (Å²) >= 11 is 0. The highest BCUT2D eigenvalue weighted by Crippen LogP contribution is 2.29. The van der Waals surface area contributed by atoms with Gasteiger partial charge < -0.3 is 4.74 Å². The molecule has 8 heteroatoms. The molecule has 5 aromatic rings. The van der Waals surface area contributed by atoms with Crippen LogP contribution in [-0.2, 0) is 4.74 Å². The predicted molar refractivity (Wildman–Crippen MR) is 141 cm³/mol. The SMILES string of the molecule is CCCCOC(=O)c1ccc(-n2c3nc4ccccc4nc3c3c(=O)n(C(C)CC)c(C)nc32)cc1. The van der Waals surface area contributed by atoms with Gasteiger partial charge in [0.2, 0.25) is 0 Å². The number of ether oxygens (including phenoxy) is 1. The summed E-state index contributed by atoms with van der Waals surface area (Å²) in [4.78, 5) is 40.8. The predicted octanol–water partition coefficient (Wildman–Crippen LogP) is 5.52. The average Bonchev–Trinajstić information content (AvgIpc) is 3.20. The van der Waals surface area contributed by atoms with Crippen molar-refractivity contribution >= 4 is 39.2 Å². The van der Waals surface area contributed by atoms with Gasteiger partial charge in [-0.3, -0.25) is 13.9 Å². The van der Waals surface area contributed by atoms with Crippen molar-refractivity contribution in [3.05, 3.63) is 70.3 Å². The Hall–Kier alpha value is -4.07. The Morgan fingerprint density at radius 2 is 1.67 bits per heavy atom. The largest absolute Gasteiger partial charge is 0.462 e. The van der Waals surface area contributed by atoms with E-state index in [1.807, 2.05) is 68.7 Å². The molecule has 2 aromatic carbocycles. The third-order valence-electron chi connectivity index (χ3n) is 6.61. The second kappa shape index (κ2) is 9.53. The van der Waals surface area contributed by atoms with Crippen LogP contribution in [0, 0.1) is 6.92 Å². The van der Waals surface area contributed by atoms with E-state index < -0.39 is 0 Å². The molecule has 3 aromatic heterocycles. The first-order chi connectivity index (χ1) is 17.4. The summed E-state index contributed by atoms with van der Waals surface area (Å²) in [6.45, 7) is 8.36. The van der Waals surface area contributed by atoms with Crippen LogP contribution in [0.25, 0.3) is 38.9 Å². The second-order valence-electron chi connectivity index (χ2n) is 9.05. The lowest BCUT2D eigenvalue weighted by molar-refractivity contribution is 0.0500. The fourth-order valence-corrected chi connectivity index (χ4v) is 4.50. The molecular formula is C28H29N5O3. The van der Waals surface area contributed by atoms with Crippen molar-refractivity contribution in [1.82, 2.24) is 24.1 Å². The normalized spacial score (nSPS) is 12.4. The Morgan fingerprint density at radius 3 is 2.33 bits per heavy atom. The summed E-state index contributed by atoms with van der Waals surface area (Å²) in [5.41, 5.74) is 4.08. The van der Waals surface area contributed by atoms with Crippen LogP contribution < -0.4 is 5.56 Å². The number of rotatable bonds is 7. The van der Waals surface area contributed by atoms with Gasteiger partial charge in [0.1, 0.15) is 16.7 Å². The number of esters is 1. The third-order valence-corrected chi connectivity index (χ3v) is 6.61. The zero-order valence-electron chi connectivity index (χ0n) is 21.0. The molecule has 0 fully saturated rings. The molecule has 1 atom stereocenters. The molecule has 184 valence electrons. The molecule has 0 aliphatic heterocycles. The molecule has 8 nitrogen and oxygen atoms in total. The van der Waals surface area contributed by atoms with Gasteiger partial charge in [-0.15, -0.1) is 0 Å². The minimum Gasteiger partial charge on any atom is -0.462 e. The lowest BCUT2D eigenvalue weighted by atomic mass is 10.2. The molecule has 0 N–H and O–H groups in total. The molecule has 5 rings (SSSR count).